The maximum Gasteiger partial charge on any atom is 0.225 e. The Morgan fingerprint density at radius 3 is 3.10 bits per heavy atom. The molecular formula is C14H19FN2O2S. The van der Waals surface area contributed by atoms with Crippen LogP contribution in [0.5, 0.6) is 0 Å². The van der Waals surface area contributed by atoms with Gasteiger partial charge in [0.15, 0.2) is 0 Å². The highest BCUT2D eigenvalue weighted by molar-refractivity contribution is 7.99. The minimum Gasteiger partial charge on any atom is -0.399 e. The van der Waals surface area contributed by atoms with Gasteiger partial charge in [-0.05, 0) is 31.5 Å². The largest absolute Gasteiger partial charge is 0.399 e. The molecule has 0 aromatic heterocycles. The summed E-state index contributed by atoms with van der Waals surface area (Å²) < 4.78 is 18.9. The zero-order chi connectivity index (χ0) is 14.5. The van der Waals surface area contributed by atoms with Crippen molar-refractivity contribution in [2.75, 3.05) is 23.4 Å². The van der Waals surface area contributed by atoms with E-state index in [1.165, 1.54) is 18.2 Å². The quantitative estimate of drug-likeness (QED) is 0.820. The molecule has 0 saturated carbocycles. The molecule has 1 amide bonds. The lowest BCUT2D eigenvalue weighted by molar-refractivity contribution is -0.115. The van der Waals surface area contributed by atoms with E-state index in [-0.39, 0.29) is 17.7 Å². The Kier molecular flexibility index (Phi) is 5.25. The SMILES string of the molecule is CC1OCCC1SCCC(=O)Nc1cc(N)ccc1F. The summed E-state index contributed by atoms with van der Waals surface area (Å²) in [5.41, 5.74) is 6.13. The molecule has 1 aliphatic rings. The molecule has 2 rings (SSSR count). The third kappa shape index (κ3) is 4.11. The number of anilines is 2. The van der Waals surface area contributed by atoms with Crippen molar-refractivity contribution in [1.82, 2.24) is 0 Å². The van der Waals surface area contributed by atoms with Gasteiger partial charge in [-0.2, -0.15) is 11.8 Å². The van der Waals surface area contributed by atoms with Crippen LogP contribution in [0.15, 0.2) is 18.2 Å². The van der Waals surface area contributed by atoms with Crippen LogP contribution in [0.4, 0.5) is 15.8 Å². The Hall–Kier alpha value is -1.27. The topological polar surface area (TPSA) is 64.3 Å². The van der Waals surface area contributed by atoms with Gasteiger partial charge in [0.25, 0.3) is 0 Å². The highest BCUT2D eigenvalue weighted by Gasteiger charge is 2.24. The molecule has 0 aliphatic carbocycles. The first-order valence-corrected chi connectivity index (χ1v) is 7.69. The van der Waals surface area contributed by atoms with Gasteiger partial charge in [-0.3, -0.25) is 4.79 Å². The van der Waals surface area contributed by atoms with Crippen molar-refractivity contribution in [2.45, 2.75) is 31.1 Å². The Bertz CT molecular complexity index is 484. The van der Waals surface area contributed by atoms with Crippen LogP contribution in [0.3, 0.4) is 0 Å². The second-order valence-electron chi connectivity index (χ2n) is 4.81. The van der Waals surface area contributed by atoms with E-state index in [4.69, 9.17) is 10.5 Å². The smallest absolute Gasteiger partial charge is 0.225 e. The molecule has 0 radical (unpaired) electrons. The number of halogens is 1. The molecule has 110 valence electrons. The van der Waals surface area contributed by atoms with Gasteiger partial charge in [-0.1, -0.05) is 0 Å². The number of amides is 1. The fraction of sp³-hybridized carbons (Fsp3) is 0.500. The van der Waals surface area contributed by atoms with Crippen LogP contribution in [0.1, 0.15) is 19.8 Å². The van der Waals surface area contributed by atoms with E-state index in [9.17, 15) is 9.18 Å². The van der Waals surface area contributed by atoms with Crippen molar-refractivity contribution in [3.8, 4) is 0 Å². The zero-order valence-corrected chi connectivity index (χ0v) is 12.2. The van der Waals surface area contributed by atoms with Crippen LogP contribution in [-0.2, 0) is 9.53 Å². The van der Waals surface area contributed by atoms with Crippen molar-refractivity contribution in [2.24, 2.45) is 0 Å². The number of benzene rings is 1. The van der Waals surface area contributed by atoms with Gasteiger partial charge in [-0.15, -0.1) is 0 Å². The van der Waals surface area contributed by atoms with E-state index in [0.717, 1.165) is 13.0 Å². The van der Waals surface area contributed by atoms with Crippen LogP contribution in [-0.4, -0.2) is 29.6 Å². The molecular weight excluding hydrogens is 279 g/mol. The van der Waals surface area contributed by atoms with Crippen LogP contribution in [0.25, 0.3) is 0 Å². The first kappa shape index (κ1) is 15.1. The Labute approximate surface area is 122 Å². The lowest BCUT2D eigenvalue weighted by atomic mass is 10.2. The van der Waals surface area contributed by atoms with Gasteiger partial charge in [0, 0.05) is 29.7 Å². The van der Waals surface area contributed by atoms with Gasteiger partial charge in [0.05, 0.1) is 11.8 Å². The van der Waals surface area contributed by atoms with Crippen LogP contribution >= 0.6 is 11.8 Å². The normalized spacial score (nSPS) is 21.9. The Balaban J connectivity index is 1.76. The van der Waals surface area contributed by atoms with Crippen molar-refractivity contribution in [3.05, 3.63) is 24.0 Å². The molecule has 1 aromatic carbocycles. The lowest BCUT2D eigenvalue weighted by Crippen LogP contribution is -2.17. The molecule has 1 aliphatic heterocycles. The fourth-order valence-electron chi connectivity index (χ4n) is 2.09. The monoisotopic (exact) mass is 298 g/mol. The number of hydrogen-bond acceptors (Lipinski definition) is 4. The molecule has 2 unspecified atom stereocenters. The zero-order valence-electron chi connectivity index (χ0n) is 11.4. The average Bonchev–Trinajstić information content (AvgIpc) is 2.80. The number of thioether (sulfide) groups is 1. The minimum atomic E-state index is -0.474. The molecule has 3 N–H and O–H groups in total. The minimum absolute atomic E-state index is 0.137. The van der Waals surface area contributed by atoms with Gasteiger partial charge >= 0.3 is 0 Å². The average molecular weight is 298 g/mol. The standard InChI is InChI=1S/C14H19FN2O2S/c1-9-13(4-6-19-9)20-7-5-14(18)17-12-8-10(16)2-3-11(12)15/h2-3,8-9,13H,4-7,16H2,1H3,(H,17,18). The number of hydrogen-bond donors (Lipinski definition) is 2. The summed E-state index contributed by atoms with van der Waals surface area (Å²) in [6, 6.07) is 4.13. The van der Waals surface area contributed by atoms with Gasteiger partial charge in [0.2, 0.25) is 5.91 Å². The first-order valence-electron chi connectivity index (χ1n) is 6.64. The van der Waals surface area contributed by atoms with Crippen molar-refractivity contribution in [1.29, 1.82) is 0 Å². The van der Waals surface area contributed by atoms with Gasteiger partial charge in [-0.25, -0.2) is 4.39 Å². The number of nitrogens with one attached hydrogen (secondary N) is 1. The molecule has 1 heterocycles. The third-order valence-corrected chi connectivity index (χ3v) is 4.72. The second-order valence-corrected chi connectivity index (χ2v) is 6.16. The Morgan fingerprint density at radius 2 is 2.40 bits per heavy atom. The number of carbonyl (C=O) groups is 1. The summed E-state index contributed by atoms with van der Waals surface area (Å²) in [7, 11) is 0. The van der Waals surface area contributed by atoms with Gasteiger partial charge < -0.3 is 15.8 Å². The summed E-state index contributed by atoms with van der Waals surface area (Å²) in [6.07, 6.45) is 1.62. The lowest BCUT2D eigenvalue weighted by Gasteiger charge is -2.13. The maximum absolute atomic E-state index is 13.5. The fourth-order valence-corrected chi connectivity index (χ4v) is 3.30. The molecule has 1 saturated heterocycles. The van der Waals surface area contributed by atoms with E-state index in [0.29, 0.717) is 23.1 Å². The molecule has 6 heteroatoms. The molecule has 0 bridgehead atoms. The van der Waals surface area contributed by atoms with Crippen LogP contribution in [0, 0.1) is 5.82 Å². The summed E-state index contributed by atoms with van der Waals surface area (Å²) in [5.74, 6) is 0.0281. The van der Waals surface area contributed by atoms with E-state index in [1.54, 1.807) is 11.8 Å². The number of carbonyl (C=O) groups excluding carboxylic acids is 1. The Morgan fingerprint density at radius 1 is 1.60 bits per heavy atom. The summed E-state index contributed by atoms with van der Waals surface area (Å²) in [6.45, 7) is 2.84. The van der Waals surface area contributed by atoms with Crippen LogP contribution in [0.2, 0.25) is 0 Å². The van der Waals surface area contributed by atoms with Crippen molar-refractivity contribution in [3.63, 3.8) is 0 Å². The van der Waals surface area contributed by atoms with E-state index in [1.807, 2.05) is 6.92 Å². The van der Waals surface area contributed by atoms with Crippen LogP contribution < -0.4 is 11.1 Å². The van der Waals surface area contributed by atoms with E-state index < -0.39 is 5.82 Å². The first-order chi connectivity index (χ1) is 9.56. The number of ether oxygens (including phenoxy) is 1. The third-order valence-electron chi connectivity index (χ3n) is 3.23. The summed E-state index contributed by atoms with van der Waals surface area (Å²) in [4.78, 5) is 11.8. The molecule has 1 aromatic rings. The molecule has 2 atom stereocenters. The highest BCUT2D eigenvalue weighted by atomic mass is 32.2. The number of rotatable bonds is 5. The number of nitrogens with two attached hydrogens (primary N) is 1. The molecule has 4 nitrogen and oxygen atoms in total. The molecule has 20 heavy (non-hydrogen) atoms. The van der Waals surface area contributed by atoms with Crippen molar-refractivity contribution < 1.29 is 13.9 Å². The highest BCUT2D eigenvalue weighted by Crippen LogP contribution is 2.26. The number of nitrogen functional groups attached to an aromatic ring is 1. The van der Waals surface area contributed by atoms with Crippen molar-refractivity contribution >= 4 is 29.0 Å². The van der Waals surface area contributed by atoms with Gasteiger partial charge in [0.1, 0.15) is 5.82 Å². The summed E-state index contributed by atoms with van der Waals surface area (Å²) >= 11 is 1.73. The predicted octanol–water partition coefficient (Wildman–Crippen LogP) is 2.65. The predicted molar refractivity (Wildman–Crippen MR) is 80.3 cm³/mol. The maximum atomic E-state index is 13.5. The molecule has 0 spiro atoms. The second kappa shape index (κ2) is 6.95. The summed E-state index contributed by atoms with van der Waals surface area (Å²) in [5, 5.41) is 3.00. The molecule has 1 fully saturated rings. The van der Waals surface area contributed by atoms with E-state index in [2.05, 4.69) is 5.32 Å². The van der Waals surface area contributed by atoms with E-state index >= 15 is 0 Å².